The maximum atomic E-state index is 5.37. The monoisotopic (exact) mass is 253 g/mol. The first kappa shape index (κ1) is 12.9. The minimum Gasteiger partial charge on any atom is -0.354 e. The Morgan fingerprint density at radius 3 is 1.83 bits per heavy atom. The number of methoxy groups -OCH3 is 2. The predicted molar refractivity (Wildman–Crippen MR) is 71.2 cm³/mol. The lowest BCUT2D eigenvalue weighted by Crippen LogP contribution is -2.58. The van der Waals surface area contributed by atoms with Gasteiger partial charge in [0.15, 0.2) is 6.29 Å². The molecule has 0 saturated heterocycles. The van der Waals surface area contributed by atoms with Crippen molar-refractivity contribution < 1.29 is 9.47 Å². The summed E-state index contributed by atoms with van der Waals surface area (Å²) in [5, 5.41) is 3.81. The third-order valence-corrected chi connectivity index (χ3v) is 5.55. The molecule has 4 rings (SSSR count). The van der Waals surface area contributed by atoms with Crippen molar-refractivity contribution >= 4 is 0 Å². The van der Waals surface area contributed by atoms with Gasteiger partial charge in [-0.3, -0.25) is 0 Å². The van der Waals surface area contributed by atoms with Crippen LogP contribution in [0.4, 0.5) is 0 Å². The van der Waals surface area contributed by atoms with E-state index in [0.29, 0.717) is 6.04 Å². The van der Waals surface area contributed by atoms with E-state index in [0.717, 1.165) is 23.7 Å². The molecule has 104 valence electrons. The molecule has 1 atom stereocenters. The van der Waals surface area contributed by atoms with E-state index in [4.69, 9.17) is 9.47 Å². The largest absolute Gasteiger partial charge is 0.354 e. The van der Waals surface area contributed by atoms with Crippen molar-refractivity contribution in [3.8, 4) is 0 Å². The molecule has 0 aliphatic heterocycles. The van der Waals surface area contributed by atoms with Gasteiger partial charge in [-0.15, -0.1) is 0 Å². The van der Waals surface area contributed by atoms with Crippen molar-refractivity contribution in [1.29, 1.82) is 0 Å². The average Bonchev–Trinajstić information content (AvgIpc) is 2.34. The highest BCUT2D eigenvalue weighted by atomic mass is 16.7. The molecule has 0 spiro atoms. The minimum absolute atomic E-state index is 0.123. The van der Waals surface area contributed by atoms with E-state index in [9.17, 15) is 0 Å². The zero-order valence-corrected chi connectivity index (χ0v) is 11.9. The van der Waals surface area contributed by atoms with E-state index in [2.05, 4.69) is 12.2 Å². The molecule has 0 heterocycles. The van der Waals surface area contributed by atoms with E-state index in [-0.39, 0.29) is 12.3 Å². The van der Waals surface area contributed by atoms with Gasteiger partial charge >= 0.3 is 0 Å². The van der Waals surface area contributed by atoms with E-state index >= 15 is 0 Å². The van der Waals surface area contributed by atoms with E-state index in [1.54, 1.807) is 14.2 Å². The van der Waals surface area contributed by atoms with Crippen LogP contribution in [0.3, 0.4) is 0 Å². The number of hydrogen-bond donors (Lipinski definition) is 1. The Bertz CT molecular complexity index is 262. The van der Waals surface area contributed by atoms with Gasteiger partial charge in [-0.1, -0.05) is 0 Å². The standard InChI is InChI=1S/C15H27NO2/c1-9(15(17-2)18-3)16-14-12-5-10-4-11(7-12)8-13(14)6-10/h9-16H,4-8H2,1-3H3. The lowest BCUT2D eigenvalue weighted by molar-refractivity contribution is -0.127. The predicted octanol–water partition coefficient (Wildman–Crippen LogP) is 2.41. The van der Waals surface area contributed by atoms with Gasteiger partial charge in [0.25, 0.3) is 0 Å². The van der Waals surface area contributed by atoms with Crippen LogP contribution in [0, 0.1) is 23.7 Å². The van der Waals surface area contributed by atoms with Gasteiger partial charge in [-0.05, 0) is 62.7 Å². The average molecular weight is 253 g/mol. The maximum absolute atomic E-state index is 5.37. The molecule has 18 heavy (non-hydrogen) atoms. The summed E-state index contributed by atoms with van der Waals surface area (Å²) >= 11 is 0. The summed E-state index contributed by atoms with van der Waals surface area (Å²) in [5.41, 5.74) is 0. The Balaban J connectivity index is 1.63. The molecular weight excluding hydrogens is 226 g/mol. The lowest BCUT2D eigenvalue weighted by atomic mass is 9.54. The molecule has 0 aromatic rings. The van der Waals surface area contributed by atoms with Gasteiger partial charge in [0.2, 0.25) is 0 Å². The van der Waals surface area contributed by atoms with E-state index < -0.39 is 0 Å². The Kier molecular flexibility index (Phi) is 3.65. The minimum atomic E-state index is -0.123. The summed E-state index contributed by atoms with van der Waals surface area (Å²) in [5.74, 6) is 3.92. The van der Waals surface area contributed by atoms with Crippen LogP contribution in [0.5, 0.6) is 0 Å². The van der Waals surface area contributed by atoms with Gasteiger partial charge in [0.05, 0.1) is 6.04 Å². The number of nitrogens with one attached hydrogen (secondary N) is 1. The van der Waals surface area contributed by atoms with Crippen LogP contribution in [-0.4, -0.2) is 32.6 Å². The summed E-state index contributed by atoms with van der Waals surface area (Å²) in [7, 11) is 3.45. The summed E-state index contributed by atoms with van der Waals surface area (Å²) in [6, 6.07) is 0.989. The first-order chi connectivity index (χ1) is 8.71. The molecule has 1 N–H and O–H groups in total. The van der Waals surface area contributed by atoms with Gasteiger partial charge in [-0.2, -0.15) is 0 Å². The third kappa shape index (κ3) is 2.21. The third-order valence-electron chi connectivity index (χ3n) is 5.55. The number of rotatable bonds is 5. The zero-order chi connectivity index (χ0) is 12.7. The Labute approximate surface area is 111 Å². The second-order valence-electron chi connectivity index (χ2n) is 6.75. The van der Waals surface area contributed by atoms with Crippen LogP contribution in [-0.2, 0) is 9.47 Å². The van der Waals surface area contributed by atoms with E-state index in [1.807, 2.05) is 0 Å². The molecule has 4 aliphatic carbocycles. The Morgan fingerprint density at radius 2 is 1.39 bits per heavy atom. The molecule has 1 unspecified atom stereocenters. The molecule has 3 heteroatoms. The molecule has 3 nitrogen and oxygen atoms in total. The Morgan fingerprint density at radius 1 is 0.889 bits per heavy atom. The van der Waals surface area contributed by atoms with Crippen LogP contribution in [0.1, 0.15) is 39.0 Å². The van der Waals surface area contributed by atoms with E-state index in [1.165, 1.54) is 32.1 Å². The fourth-order valence-electron chi connectivity index (χ4n) is 5.08. The quantitative estimate of drug-likeness (QED) is 0.763. The molecule has 4 fully saturated rings. The van der Waals surface area contributed by atoms with Crippen LogP contribution in [0.2, 0.25) is 0 Å². The lowest BCUT2D eigenvalue weighted by Gasteiger charge is -2.55. The number of hydrogen-bond acceptors (Lipinski definition) is 3. The van der Waals surface area contributed by atoms with Crippen LogP contribution < -0.4 is 5.32 Å². The SMILES string of the molecule is COC(OC)C(C)NC1C2CC3CC(C2)CC1C3. The molecule has 0 amide bonds. The van der Waals surface area contributed by atoms with Crippen molar-refractivity contribution in [3.05, 3.63) is 0 Å². The van der Waals surface area contributed by atoms with Crippen molar-refractivity contribution in [2.24, 2.45) is 23.7 Å². The zero-order valence-electron chi connectivity index (χ0n) is 11.9. The highest BCUT2D eigenvalue weighted by Crippen LogP contribution is 2.53. The summed E-state index contributed by atoms with van der Waals surface area (Å²) in [4.78, 5) is 0. The molecule has 0 aromatic heterocycles. The fourth-order valence-corrected chi connectivity index (χ4v) is 5.08. The summed E-state index contributed by atoms with van der Waals surface area (Å²) in [6.07, 6.45) is 7.24. The van der Waals surface area contributed by atoms with Crippen LogP contribution in [0.25, 0.3) is 0 Å². The van der Waals surface area contributed by atoms with Crippen molar-refractivity contribution in [2.75, 3.05) is 14.2 Å². The van der Waals surface area contributed by atoms with Crippen molar-refractivity contribution in [2.45, 2.75) is 57.4 Å². The van der Waals surface area contributed by atoms with Gasteiger partial charge in [0.1, 0.15) is 0 Å². The van der Waals surface area contributed by atoms with Gasteiger partial charge in [-0.25, -0.2) is 0 Å². The maximum Gasteiger partial charge on any atom is 0.171 e. The smallest absolute Gasteiger partial charge is 0.171 e. The van der Waals surface area contributed by atoms with Gasteiger partial charge in [0, 0.05) is 20.3 Å². The fraction of sp³-hybridized carbons (Fsp3) is 1.00. The van der Waals surface area contributed by atoms with Crippen LogP contribution >= 0.6 is 0 Å². The first-order valence-corrected chi connectivity index (χ1v) is 7.53. The molecule has 4 bridgehead atoms. The molecule has 0 radical (unpaired) electrons. The molecule has 4 aliphatic rings. The second kappa shape index (κ2) is 5.10. The van der Waals surface area contributed by atoms with Crippen LogP contribution in [0.15, 0.2) is 0 Å². The highest BCUT2D eigenvalue weighted by Gasteiger charge is 2.48. The molecule has 4 saturated carbocycles. The first-order valence-electron chi connectivity index (χ1n) is 7.53. The molecule has 0 aromatic carbocycles. The van der Waals surface area contributed by atoms with Crippen molar-refractivity contribution in [1.82, 2.24) is 5.32 Å². The summed E-state index contributed by atoms with van der Waals surface area (Å²) < 4.78 is 10.7. The molecular formula is C15H27NO2. The topological polar surface area (TPSA) is 30.5 Å². The number of ether oxygens (including phenoxy) is 2. The second-order valence-corrected chi connectivity index (χ2v) is 6.75. The highest BCUT2D eigenvalue weighted by molar-refractivity contribution is 5.02. The van der Waals surface area contributed by atoms with Crippen molar-refractivity contribution in [3.63, 3.8) is 0 Å². The van der Waals surface area contributed by atoms with Gasteiger partial charge < -0.3 is 14.8 Å². The Hall–Kier alpha value is -0.120. The summed E-state index contributed by atoms with van der Waals surface area (Å²) in [6.45, 7) is 2.18. The normalized spacial score (nSPS) is 43.7.